The highest BCUT2D eigenvalue weighted by molar-refractivity contribution is 5.92. The third-order valence-corrected chi connectivity index (χ3v) is 6.85. The number of piperidine rings is 1. The first-order chi connectivity index (χ1) is 15.0. The van der Waals surface area contributed by atoms with E-state index < -0.39 is 5.60 Å². The lowest BCUT2D eigenvalue weighted by molar-refractivity contribution is -0.135. The van der Waals surface area contributed by atoms with Crippen LogP contribution in [-0.2, 0) is 4.79 Å². The van der Waals surface area contributed by atoms with Gasteiger partial charge < -0.3 is 19.9 Å². The van der Waals surface area contributed by atoms with Crippen LogP contribution >= 0.6 is 0 Å². The molecular weight excluding hydrogens is 392 g/mol. The van der Waals surface area contributed by atoms with Crippen molar-refractivity contribution in [3.8, 4) is 11.5 Å². The monoisotopic (exact) mass is 424 g/mol. The summed E-state index contributed by atoms with van der Waals surface area (Å²) in [6.45, 7) is 0.981. The molecule has 1 aliphatic carbocycles. The van der Waals surface area contributed by atoms with Crippen LogP contribution in [-0.4, -0.2) is 48.8 Å². The van der Waals surface area contributed by atoms with Gasteiger partial charge in [0.05, 0.1) is 26.4 Å². The molecule has 2 aliphatic rings. The van der Waals surface area contributed by atoms with Crippen molar-refractivity contribution in [1.82, 2.24) is 4.90 Å². The summed E-state index contributed by atoms with van der Waals surface area (Å²) >= 11 is 0. The van der Waals surface area contributed by atoms with Gasteiger partial charge in [-0.25, -0.2) is 0 Å². The van der Waals surface area contributed by atoms with Crippen molar-refractivity contribution >= 4 is 11.6 Å². The lowest BCUT2D eigenvalue weighted by atomic mass is 9.66. The predicted octanol–water partition coefficient (Wildman–Crippen LogP) is 4.01. The van der Waals surface area contributed by atoms with E-state index in [2.05, 4.69) is 22.3 Å². The van der Waals surface area contributed by atoms with Crippen LogP contribution in [0.1, 0.15) is 43.7 Å². The van der Waals surface area contributed by atoms with E-state index in [1.54, 1.807) is 14.2 Å². The Hall–Kier alpha value is -2.57. The first-order valence-electron chi connectivity index (χ1n) is 11.1. The molecule has 1 saturated heterocycles. The topological polar surface area (TPSA) is 71.0 Å². The van der Waals surface area contributed by atoms with Gasteiger partial charge >= 0.3 is 0 Å². The van der Waals surface area contributed by atoms with Crippen LogP contribution in [0, 0.1) is 5.92 Å². The number of carbonyl (C=O) groups is 1. The van der Waals surface area contributed by atoms with E-state index in [-0.39, 0.29) is 24.4 Å². The van der Waals surface area contributed by atoms with Crippen molar-refractivity contribution in [2.75, 3.05) is 32.6 Å². The smallest absolute Gasteiger partial charge is 0.238 e. The first-order valence-corrected chi connectivity index (χ1v) is 11.1. The van der Waals surface area contributed by atoms with Crippen LogP contribution in [0.2, 0.25) is 0 Å². The van der Waals surface area contributed by atoms with Gasteiger partial charge in [-0.3, -0.25) is 9.69 Å². The zero-order chi connectivity index (χ0) is 21.8. The highest BCUT2D eigenvalue weighted by Gasteiger charge is 2.49. The largest absolute Gasteiger partial charge is 0.497 e. The average molecular weight is 425 g/mol. The summed E-state index contributed by atoms with van der Waals surface area (Å²) in [5.41, 5.74) is 1.23. The zero-order valence-corrected chi connectivity index (χ0v) is 18.3. The van der Waals surface area contributed by atoms with Crippen LogP contribution in [0.25, 0.3) is 0 Å². The molecule has 6 nitrogen and oxygen atoms in total. The number of nitrogens with zero attached hydrogens (tertiary/aromatic N) is 1. The molecule has 1 saturated carbocycles. The van der Waals surface area contributed by atoms with E-state index in [4.69, 9.17) is 9.47 Å². The Kier molecular flexibility index (Phi) is 6.49. The molecule has 1 heterocycles. The molecule has 1 amide bonds. The molecule has 6 heteroatoms. The Balaban J connectivity index is 1.54. The molecule has 166 valence electrons. The minimum Gasteiger partial charge on any atom is -0.497 e. The number of rotatable bonds is 6. The number of nitrogens with one attached hydrogen (secondary N) is 1. The Morgan fingerprint density at radius 3 is 2.32 bits per heavy atom. The van der Waals surface area contributed by atoms with Gasteiger partial charge in [0, 0.05) is 24.2 Å². The van der Waals surface area contributed by atoms with Crippen molar-refractivity contribution in [3.63, 3.8) is 0 Å². The van der Waals surface area contributed by atoms with Gasteiger partial charge in [0.25, 0.3) is 0 Å². The molecule has 0 aromatic heterocycles. The van der Waals surface area contributed by atoms with Crippen molar-refractivity contribution in [2.24, 2.45) is 5.92 Å². The molecule has 0 unspecified atom stereocenters. The van der Waals surface area contributed by atoms with E-state index in [0.717, 1.165) is 48.4 Å². The summed E-state index contributed by atoms with van der Waals surface area (Å²) in [5.74, 6) is 1.63. The van der Waals surface area contributed by atoms with Crippen LogP contribution in [0.4, 0.5) is 5.69 Å². The van der Waals surface area contributed by atoms with E-state index in [1.165, 1.54) is 0 Å². The van der Waals surface area contributed by atoms with Crippen molar-refractivity contribution < 1.29 is 19.4 Å². The molecule has 2 aromatic carbocycles. The number of carbonyl (C=O) groups excluding carboxylic acids is 1. The van der Waals surface area contributed by atoms with Gasteiger partial charge in [0.2, 0.25) is 5.91 Å². The lowest BCUT2D eigenvalue weighted by Gasteiger charge is -2.52. The Labute approximate surface area is 184 Å². The van der Waals surface area contributed by atoms with E-state index >= 15 is 0 Å². The maximum absolute atomic E-state index is 12.9. The second-order valence-corrected chi connectivity index (χ2v) is 8.67. The predicted molar refractivity (Wildman–Crippen MR) is 120 cm³/mol. The number of fused-ring (bicyclic) bond motifs is 1. The van der Waals surface area contributed by atoms with E-state index in [9.17, 15) is 9.90 Å². The minimum absolute atomic E-state index is 0.00609. The second kappa shape index (κ2) is 9.28. The fourth-order valence-corrected chi connectivity index (χ4v) is 5.22. The van der Waals surface area contributed by atoms with Gasteiger partial charge in [-0.05, 0) is 61.2 Å². The number of ether oxygens (including phenoxy) is 2. The lowest BCUT2D eigenvalue weighted by Crippen LogP contribution is -2.56. The molecule has 2 N–H and O–H groups in total. The molecule has 4 rings (SSSR count). The van der Waals surface area contributed by atoms with Gasteiger partial charge in [-0.15, -0.1) is 0 Å². The van der Waals surface area contributed by atoms with Crippen molar-refractivity contribution in [3.05, 3.63) is 54.1 Å². The van der Waals surface area contributed by atoms with Crippen LogP contribution < -0.4 is 14.8 Å². The molecule has 31 heavy (non-hydrogen) atoms. The van der Waals surface area contributed by atoms with Crippen LogP contribution in [0.3, 0.4) is 0 Å². The number of benzene rings is 2. The number of amides is 1. The Morgan fingerprint density at radius 1 is 1.03 bits per heavy atom. The summed E-state index contributed by atoms with van der Waals surface area (Å²) in [4.78, 5) is 15.1. The molecule has 0 bridgehead atoms. The Morgan fingerprint density at radius 2 is 1.68 bits per heavy atom. The standard InChI is InChI=1S/C25H32N2O4/c1-30-20-10-6-18(7-11-20)24-22-5-3-4-14-25(22,29)15-16-27(24)17-23(28)26-19-8-12-21(31-2)13-9-19/h6-13,22,24,29H,3-5,14-17H2,1-2H3,(H,26,28)/t22-,24+,25-/m1/s1. The maximum atomic E-state index is 12.9. The SMILES string of the molecule is COc1ccc(NC(=O)CN2CC[C@]3(O)CCCC[C@@H]3[C@@H]2c2ccc(OC)cc2)cc1. The molecule has 0 radical (unpaired) electrons. The van der Waals surface area contributed by atoms with Crippen LogP contribution in [0.5, 0.6) is 11.5 Å². The fourth-order valence-electron chi connectivity index (χ4n) is 5.22. The summed E-state index contributed by atoms with van der Waals surface area (Å²) in [6.07, 6.45) is 4.71. The number of hydrogen-bond donors (Lipinski definition) is 2. The summed E-state index contributed by atoms with van der Waals surface area (Å²) < 4.78 is 10.5. The van der Waals surface area contributed by atoms with Gasteiger partial charge in [0.1, 0.15) is 11.5 Å². The van der Waals surface area contributed by atoms with E-state index in [1.807, 2.05) is 36.4 Å². The number of methoxy groups -OCH3 is 2. The van der Waals surface area contributed by atoms with Gasteiger partial charge in [0.15, 0.2) is 0 Å². The van der Waals surface area contributed by atoms with Crippen molar-refractivity contribution in [1.29, 1.82) is 0 Å². The average Bonchev–Trinajstić information content (AvgIpc) is 2.79. The molecule has 1 aliphatic heterocycles. The number of likely N-dealkylation sites (tertiary alicyclic amines) is 1. The first kappa shape index (κ1) is 21.7. The Bertz CT molecular complexity index is 883. The van der Waals surface area contributed by atoms with Crippen molar-refractivity contribution in [2.45, 2.75) is 43.7 Å². The third kappa shape index (κ3) is 4.70. The zero-order valence-electron chi connectivity index (χ0n) is 18.3. The number of anilines is 1. The normalized spacial score (nSPS) is 26.0. The third-order valence-electron chi connectivity index (χ3n) is 6.85. The summed E-state index contributed by atoms with van der Waals surface area (Å²) in [6, 6.07) is 15.4. The van der Waals surface area contributed by atoms with E-state index in [0.29, 0.717) is 13.0 Å². The summed E-state index contributed by atoms with van der Waals surface area (Å²) in [5, 5.41) is 14.4. The van der Waals surface area contributed by atoms with Gasteiger partial charge in [-0.1, -0.05) is 25.0 Å². The number of aliphatic hydroxyl groups is 1. The quantitative estimate of drug-likeness (QED) is 0.733. The molecule has 2 fully saturated rings. The minimum atomic E-state index is -0.647. The highest BCUT2D eigenvalue weighted by atomic mass is 16.5. The molecule has 3 atom stereocenters. The number of hydrogen-bond acceptors (Lipinski definition) is 5. The fraction of sp³-hybridized carbons (Fsp3) is 0.480. The van der Waals surface area contributed by atoms with Gasteiger partial charge in [-0.2, -0.15) is 0 Å². The van der Waals surface area contributed by atoms with Crippen LogP contribution in [0.15, 0.2) is 48.5 Å². The second-order valence-electron chi connectivity index (χ2n) is 8.67. The highest BCUT2D eigenvalue weighted by Crippen LogP contribution is 2.49. The maximum Gasteiger partial charge on any atom is 0.238 e. The molecule has 2 aromatic rings. The summed E-state index contributed by atoms with van der Waals surface area (Å²) in [7, 11) is 3.28. The molecule has 0 spiro atoms. The molecular formula is C25H32N2O4.